The monoisotopic (exact) mass is 250 g/mol. The van der Waals surface area contributed by atoms with Gasteiger partial charge in [-0.3, -0.25) is 4.79 Å². The van der Waals surface area contributed by atoms with Crippen molar-refractivity contribution in [2.45, 2.75) is 26.7 Å². The van der Waals surface area contributed by atoms with Crippen LogP contribution in [0.3, 0.4) is 0 Å². The Labute approximate surface area is 109 Å². The molecule has 0 bridgehead atoms. The predicted molar refractivity (Wildman–Crippen MR) is 73.9 cm³/mol. The maximum absolute atomic E-state index is 11.1. The van der Waals surface area contributed by atoms with Gasteiger partial charge in [-0.05, 0) is 30.7 Å². The smallest absolute Gasteiger partial charge is 0.221 e. The van der Waals surface area contributed by atoms with Gasteiger partial charge in [0.25, 0.3) is 0 Å². The van der Waals surface area contributed by atoms with Gasteiger partial charge in [0, 0.05) is 24.1 Å². The zero-order valence-electron chi connectivity index (χ0n) is 11.5. The Hall–Kier alpha value is -1.55. The van der Waals surface area contributed by atoms with E-state index in [4.69, 9.17) is 10.5 Å². The van der Waals surface area contributed by atoms with Gasteiger partial charge >= 0.3 is 0 Å². The molecule has 0 radical (unpaired) electrons. The van der Waals surface area contributed by atoms with E-state index in [2.05, 4.69) is 19.2 Å². The van der Waals surface area contributed by atoms with E-state index in [1.165, 1.54) is 6.92 Å². The number of benzene rings is 1. The third-order valence-electron chi connectivity index (χ3n) is 3.01. The van der Waals surface area contributed by atoms with Gasteiger partial charge in [0.1, 0.15) is 5.75 Å². The van der Waals surface area contributed by atoms with Gasteiger partial charge in [-0.1, -0.05) is 13.8 Å². The molecule has 0 aliphatic carbocycles. The second-order valence-corrected chi connectivity index (χ2v) is 4.72. The molecule has 3 N–H and O–H groups in total. The Balaban J connectivity index is 3.16. The highest BCUT2D eigenvalue weighted by atomic mass is 16.5. The predicted octanol–water partition coefficient (Wildman–Crippen LogP) is 2.35. The molecule has 1 rings (SSSR count). The standard InChI is InChI=1S/C14H22N2O2/c1-9(2)13(8-15)12-7-11(16-10(3)17)5-6-14(12)18-4/h5-7,9,13H,8,15H2,1-4H3,(H,16,17). The molecule has 4 heteroatoms. The molecule has 100 valence electrons. The van der Waals surface area contributed by atoms with Crippen molar-refractivity contribution in [1.82, 2.24) is 0 Å². The Kier molecular flexibility index (Phi) is 5.16. The number of nitrogens with one attached hydrogen (secondary N) is 1. The van der Waals surface area contributed by atoms with Crippen LogP contribution in [0.1, 0.15) is 32.3 Å². The summed E-state index contributed by atoms with van der Waals surface area (Å²) in [4.78, 5) is 11.1. The summed E-state index contributed by atoms with van der Waals surface area (Å²) in [5, 5.41) is 2.78. The van der Waals surface area contributed by atoms with Gasteiger partial charge in [0.2, 0.25) is 5.91 Å². The first kappa shape index (κ1) is 14.5. The van der Waals surface area contributed by atoms with Crippen LogP contribution >= 0.6 is 0 Å². The molecule has 0 fully saturated rings. The van der Waals surface area contributed by atoms with Crippen molar-refractivity contribution in [2.75, 3.05) is 19.0 Å². The van der Waals surface area contributed by atoms with E-state index in [1.807, 2.05) is 18.2 Å². The fourth-order valence-electron chi connectivity index (χ4n) is 2.06. The number of carbonyl (C=O) groups is 1. The number of methoxy groups -OCH3 is 1. The molecule has 0 aromatic heterocycles. The molecule has 1 unspecified atom stereocenters. The lowest BCUT2D eigenvalue weighted by Crippen LogP contribution is -2.19. The summed E-state index contributed by atoms with van der Waals surface area (Å²) in [6, 6.07) is 5.64. The van der Waals surface area contributed by atoms with E-state index >= 15 is 0 Å². The maximum Gasteiger partial charge on any atom is 0.221 e. The largest absolute Gasteiger partial charge is 0.496 e. The third kappa shape index (κ3) is 3.47. The van der Waals surface area contributed by atoms with Crippen molar-refractivity contribution >= 4 is 11.6 Å². The fourth-order valence-corrected chi connectivity index (χ4v) is 2.06. The molecule has 0 saturated carbocycles. The summed E-state index contributed by atoms with van der Waals surface area (Å²) < 4.78 is 5.37. The maximum atomic E-state index is 11.1. The number of nitrogens with two attached hydrogens (primary N) is 1. The van der Waals surface area contributed by atoms with E-state index < -0.39 is 0 Å². The van der Waals surface area contributed by atoms with Crippen molar-refractivity contribution in [3.63, 3.8) is 0 Å². The SMILES string of the molecule is COc1ccc(NC(C)=O)cc1C(CN)C(C)C. The molecule has 18 heavy (non-hydrogen) atoms. The molecule has 1 atom stereocenters. The van der Waals surface area contributed by atoms with Gasteiger partial charge < -0.3 is 15.8 Å². The van der Waals surface area contributed by atoms with E-state index in [1.54, 1.807) is 7.11 Å². The van der Waals surface area contributed by atoms with Crippen LogP contribution in [-0.2, 0) is 4.79 Å². The Morgan fingerprint density at radius 2 is 2.11 bits per heavy atom. The fraction of sp³-hybridized carbons (Fsp3) is 0.500. The third-order valence-corrected chi connectivity index (χ3v) is 3.01. The lowest BCUT2D eigenvalue weighted by molar-refractivity contribution is -0.114. The molecule has 1 aromatic carbocycles. The van der Waals surface area contributed by atoms with Gasteiger partial charge in [-0.15, -0.1) is 0 Å². The van der Waals surface area contributed by atoms with Crippen LogP contribution in [-0.4, -0.2) is 19.6 Å². The summed E-state index contributed by atoms with van der Waals surface area (Å²) in [6.07, 6.45) is 0. The molecule has 0 aliphatic heterocycles. The second kappa shape index (κ2) is 6.40. The van der Waals surface area contributed by atoms with Crippen molar-refractivity contribution < 1.29 is 9.53 Å². The Bertz CT molecular complexity index is 416. The Morgan fingerprint density at radius 3 is 2.56 bits per heavy atom. The molecular formula is C14H22N2O2. The lowest BCUT2D eigenvalue weighted by Gasteiger charge is -2.22. The summed E-state index contributed by atoms with van der Waals surface area (Å²) in [5.41, 5.74) is 7.66. The zero-order valence-corrected chi connectivity index (χ0v) is 11.5. The van der Waals surface area contributed by atoms with Crippen molar-refractivity contribution in [3.8, 4) is 5.75 Å². The van der Waals surface area contributed by atoms with Crippen molar-refractivity contribution in [3.05, 3.63) is 23.8 Å². The Morgan fingerprint density at radius 1 is 1.44 bits per heavy atom. The molecule has 0 heterocycles. The van der Waals surface area contributed by atoms with E-state index in [0.29, 0.717) is 12.5 Å². The van der Waals surface area contributed by atoms with Crippen molar-refractivity contribution in [2.24, 2.45) is 11.7 Å². The second-order valence-electron chi connectivity index (χ2n) is 4.72. The first-order valence-corrected chi connectivity index (χ1v) is 6.15. The molecule has 1 amide bonds. The number of ether oxygens (including phenoxy) is 1. The average Bonchev–Trinajstić information content (AvgIpc) is 2.29. The quantitative estimate of drug-likeness (QED) is 0.843. The molecule has 0 aliphatic rings. The number of carbonyl (C=O) groups excluding carboxylic acids is 1. The molecule has 0 saturated heterocycles. The highest BCUT2D eigenvalue weighted by molar-refractivity contribution is 5.88. The zero-order chi connectivity index (χ0) is 13.7. The summed E-state index contributed by atoms with van der Waals surface area (Å²) >= 11 is 0. The number of anilines is 1. The number of amides is 1. The highest BCUT2D eigenvalue weighted by Gasteiger charge is 2.19. The normalized spacial score (nSPS) is 12.3. The lowest BCUT2D eigenvalue weighted by atomic mass is 9.87. The number of hydrogen-bond donors (Lipinski definition) is 2. The van der Waals surface area contributed by atoms with Gasteiger partial charge in [-0.2, -0.15) is 0 Å². The number of hydrogen-bond acceptors (Lipinski definition) is 3. The first-order valence-electron chi connectivity index (χ1n) is 6.15. The van der Waals surface area contributed by atoms with Crippen LogP contribution in [0.15, 0.2) is 18.2 Å². The average molecular weight is 250 g/mol. The molecule has 0 spiro atoms. The molecule has 1 aromatic rings. The van der Waals surface area contributed by atoms with Gasteiger partial charge in [0.05, 0.1) is 7.11 Å². The minimum atomic E-state index is -0.0834. The van der Waals surface area contributed by atoms with Crippen LogP contribution in [0.25, 0.3) is 0 Å². The highest BCUT2D eigenvalue weighted by Crippen LogP contribution is 2.33. The van der Waals surface area contributed by atoms with Crippen LogP contribution < -0.4 is 15.8 Å². The summed E-state index contributed by atoms with van der Waals surface area (Å²) in [6.45, 7) is 6.30. The van der Waals surface area contributed by atoms with Crippen LogP contribution in [0.4, 0.5) is 5.69 Å². The topological polar surface area (TPSA) is 64.3 Å². The number of rotatable bonds is 5. The summed E-state index contributed by atoms with van der Waals surface area (Å²) in [5.74, 6) is 1.36. The van der Waals surface area contributed by atoms with E-state index in [0.717, 1.165) is 17.0 Å². The van der Waals surface area contributed by atoms with Crippen molar-refractivity contribution in [1.29, 1.82) is 0 Å². The minimum absolute atomic E-state index is 0.0834. The van der Waals surface area contributed by atoms with Gasteiger partial charge in [-0.25, -0.2) is 0 Å². The van der Waals surface area contributed by atoms with E-state index in [-0.39, 0.29) is 11.8 Å². The van der Waals surface area contributed by atoms with Crippen LogP contribution in [0.2, 0.25) is 0 Å². The van der Waals surface area contributed by atoms with Crippen LogP contribution in [0, 0.1) is 5.92 Å². The van der Waals surface area contributed by atoms with Gasteiger partial charge in [0.15, 0.2) is 0 Å². The van der Waals surface area contributed by atoms with E-state index in [9.17, 15) is 4.79 Å². The molecular weight excluding hydrogens is 228 g/mol. The van der Waals surface area contributed by atoms with Crippen LogP contribution in [0.5, 0.6) is 5.75 Å². The molecule has 4 nitrogen and oxygen atoms in total. The minimum Gasteiger partial charge on any atom is -0.496 e. The first-order chi connectivity index (χ1) is 8.49. The summed E-state index contributed by atoms with van der Waals surface area (Å²) in [7, 11) is 1.64.